The number of carbonyl (C=O) groups is 1. The minimum absolute atomic E-state index is 0.336. The molecule has 0 fully saturated rings. The van der Waals surface area contributed by atoms with Crippen molar-refractivity contribution in [2.75, 3.05) is 18.1 Å². The van der Waals surface area contributed by atoms with Crippen LogP contribution in [0, 0.1) is 0 Å². The molecule has 0 aliphatic carbocycles. The van der Waals surface area contributed by atoms with E-state index >= 15 is 0 Å². The van der Waals surface area contributed by atoms with E-state index in [9.17, 15) is 4.79 Å². The van der Waals surface area contributed by atoms with Gasteiger partial charge in [0.05, 0.1) is 18.4 Å². The molecule has 6 nitrogen and oxygen atoms in total. The lowest BCUT2D eigenvalue weighted by molar-refractivity contribution is 0.0567. The summed E-state index contributed by atoms with van der Waals surface area (Å²) in [6.07, 6.45) is 1.21. The predicted molar refractivity (Wildman–Crippen MR) is 71.2 cm³/mol. The van der Waals surface area contributed by atoms with Crippen molar-refractivity contribution >= 4 is 11.8 Å². The number of anilines is 1. The van der Waals surface area contributed by atoms with E-state index < -0.39 is 5.60 Å². The highest BCUT2D eigenvalue weighted by molar-refractivity contribution is 5.90. The van der Waals surface area contributed by atoms with Gasteiger partial charge in [0, 0.05) is 12.6 Å². The van der Waals surface area contributed by atoms with E-state index in [1.165, 1.54) is 4.90 Å². The highest BCUT2D eigenvalue weighted by atomic mass is 16.6. The summed E-state index contributed by atoms with van der Waals surface area (Å²) in [6, 6.07) is 1.76. The number of carbonyl (C=O) groups excluding carboxylic acids is 1. The van der Waals surface area contributed by atoms with Gasteiger partial charge in [-0.3, -0.25) is 9.88 Å². The van der Waals surface area contributed by atoms with Crippen LogP contribution in [0.3, 0.4) is 0 Å². The van der Waals surface area contributed by atoms with Gasteiger partial charge in [-0.2, -0.15) is 0 Å². The van der Waals surface area contributed by atoms with Crippen LogP contribution in [-0.2, 0) is 11.3 Å². The van der Waals surface area contributed by atoms with Gasteiger partial charge in [-0.15, -0.1) is 0 Å². The van der Waals surface area contributed by atoms with Gasteiger partial charge < -0.3 is 15.2 Å². The molecule has 0 bridgehead atoms. The lowest BCUT2D eigenvalue weighted by Crippen LogP contribution is -2.41. The zero-order valence-electron chi connectivity index (χ0n) is 11.5. The van der Waals surface area contributed by atoms with Gasteiger partial charge >= 0.3 is 6.09 Å². The van der Waals surface area contributed by atoms with Crippen LogP contribution in [0.1, 0.15) is 26.5 Å². The lowest BCUT2D eigenvalue weighted by atomic mass is 10.2. The van der Waals surface area contributed by atoms with Gasteiger partial charge in [-0.05, 0) is 20.8 Å². The number of ether oxygens (including phenoxy) is 2. The SMILES string of the molecule is CC(C)(C)OC(=O)N1CCOc2cc(CN)ncc21. The molecule has 0 atom stereocenters. The molecule has 19 heavy (non-hydrogen) atoms. The third kappa shape index (κ3) is 3.14. The summed E-state index contributed by atoms with van der Waals surface area (Å²) in [5.74, 6) is 0.618. The van der Waals surface area contributed by atoms with Crippen molar-refractivity contribution in [3.05, 3.63) is 18.0 Å². The summed E-state index contributed by atoms with van der Waals surface area (Å²) in [6.45, 7) is 6.72. The number of fused-ring (bicyclic) bond motifs is 1. The molecule has 104 valence electrons. The Hall–Kier alpha value is -1.82. The van der Waals surface area contributed by atoms with Crippen molar-refractivity contribution in [1.29, 1.82) is 0 Å². The maximum atomic E-state index is 12.1. The number of nitrogens with zero attached hydrogens (tertiary/aromatic N) is 2. The summed E-state index contributed by atoms with van der Waals surface area (Å²) in [4.78, 5) is 17.9. The molecule has 1 aliphatic rings. The fourth-order valence-corrected chi connectivity index (χ4v) is 1.77. The topological polar surface area (TPSA) is 77.7 Å². The fraction of sp³-hybridized carbons (Fsp3) is 0.538. The molecule has 0 saturated carbocycles. The second kappa shape index (κ2) is 5.05. The Morgan fingerprint density at radius 1 is 1.58 bits per heavy atom. The average molecular weight is 265 g/mol. The standard InChI is InChI=1S/C13H19N3O3/c1-13(2,3)19-12(17)16-4-5-18-11-6-9(7-14)15-8-10(11)16/h6,8H,4-5,7,14H2,1-3H3. The van der Waals surface area contributed by atoms with Crippen molar-refractivity contribution < 1.29 is 14.3 Å². The zero-order valence-corrected chi connectivity index (χ0v) is 11.5. The largest absolute Gasteiger partial charge is 0.489 e. The molecular formula is C13H19N3O3. The molecular weight excluding hydrogens is 246 g/mol. The maximum absolute atomic E-state index is 12.1. The molecule has 2 rings (SSSR count). The minimum Gasteiger partial charge on any atom is -0.489 e. The second-order valence-electron chi connectivity index (χ2n) is 5.33. The number of pyridine rings is 1. The predicted octanol–water partition coefficient (Wildman–Crippen LogP) is 1.67. The Labute approximate surface area is 112 Å². The summed E-state index contributed by atoms with van der Waals surface area (Å²) in [7, 11) is 0. The van der Waals surface area contributed by atoms with Gasteiger partial charge in [0.2, 0.25) is 0 Å². The molecule has 1 aromatic rings. The highest BCUT2D eigenvalue weighted by Gasteiger charge is 2.28. The van der Waals surface area contributed by atoms with Crippen LogP contribution in [0.15, 0.2) is 12.3 Å². The van der Waals surface area contributed by atoms with Gasteiger partial charge in [0.15, 0.2) is 0 Å². The Balaban J connectivity index is 2.25. The molecule has 0 radical (unpaired) electrons. The Morgan fingerprint density at radius 2 is 2.32 bits per heavy atom. The number of hydrogen-bond acceptors (Lipinski definition) is 5. The summed E-state index contributed by atoms with van der Waals surface area (Å²) < 4.78 is 10.9. The van der Waals surface area contributed by atoms with Crippen LogP contribution in [-0.4, -0.2) is 29.8 Å². The molecule has 0 spiro atoms. The Bertz CT molecular complexity index is 483. The third-order valence-electron chi connectivity index (χ3n) is 2.59. The van der Waals surface area contributed by atoms with E-state index in [0.29, 0.717) is 31.1 Å². The van der Waals surface area contributed by atoms with Crippen molar-refractivity contribution in [3.63, 3.8) is 0 Å². The zero-order chi connectivity index (χ0) is 14.0. The first-order valence-electron chi connectivity index (χ1n) is 6.23. The summed E-state index contributed by atoms with van der Waals surface area (Å²) >= 11 is 0. The second-order valence-corrected chi connectivity index (χ2v) is 5.33. The maximum Gasteiger partial charge on any atom is 0.415 e. The van der Waals surface area contributed by atoms with Crippen LogP contribution >= 0.6 is 0 Å². The first-order chi connectivity index (χ1) is 8.90. The van der Waals surface area contributed by atoms with Gasteiger partial charge in [-0.1, -0.05) is 0 Å². The monoisotopic (exact) mass is 265 g/mol. The number of rotatable bonds is 1. The number of amides is 1. The van der Waals surface area contributed by atoms with E-state index in [2.05, 4.69) is 4.98 Å². The summed E-state index contributed by atoms with van der Waals surface area (Å²) in [5, 5.41) is 0. The van der Waals surface area contributed by atoms with E-state index in [1.807, 2.05) is 20.8 Å². The van der Waals surface area contributed by atoms with Crippen molar-refractivity contribution in [2.45, 2.75) is 32.9 Å². The lowest BCUT2D eigenvalue weighted by Gasteiger charge is -2.31. The summed E-state index contributed by atoms with van der Waals surface area (Å²) in [5.41, 5.74) is 6.36. The smallest absolute Gasteiger partial charge is 0.415 e. The minimum atomic E-state index is -0.528. The molecule has 2 N–H and O–H groups in total. The number of aromatic nitrogens is 1. The van der Waals surface area contributed by atoms with Gasteiger partial charge in [0.1, 0.15) is 23.6 Å². The van der Waals surface area contributed by atoms with Crippen molar-refractivity contribution in [1.82, 2.24) is 4.98 Å². The van der Waals surface area contributed by atoms with Crippen LogP contribution < -0.4 is 15.4 Å². The quantitative estimate of drug-likeness (QED) is 0.835. The third-order valence-corrected chi connectivity index (χ3v) is 2.59. The Kier molecular flexibility index (Phi) is 3.61. The molecule has 0 unspecified atom stereocenters. The van der Waals surface area contributed by atoms with Crippen molar-refractivity contribution in [2.24, 2.45) is 5.73 Å². The van der Waals surface area contributed by atoms with Crippen LogP contribution in [0.4, 0.5) is 10.5 Å². The van der Waals surface area contributed by atoms with E-state index in [4.69, 9.17) is 15.2 Å². The Morgan fingerprint density at radius 3 is 2.95 bits per heavy atom. The molecule has 0 aromatic carbocycles. The van der Waals surface area contributed by atoms with E-state index in [0.717, 1.165) is 5.69 Å². The van der Waals surface area contributed by atoms with Crippen LogP contribution in [0.25, 0.3) is 0 Å². The van der Waals surface area contributed by atoms with Gasteiger partial charge in [0.25, 0.3) is 0 Å². The van der Waals surface area contributed by atoms with Crippen molar-refractivity contribution in [3.8, 4) is 5.75 Å². The molecule has 1 amide bonds. The number of nitrogens with two attached hydrogens (primary N) is 1. The molecule has 1 aliphatic heterocycles. The van der Waals surface area contributed by atoms with Crippen LogP contribution in [0.5, 0.6) is 5.75 Å². The van der Waals surface area contributed by atoms with E-state index in [1.54, 1.807) is 12.3 Å². The average Bonchev–Trinajstić information content (AvgIpc) is 2.35. The molecule has 1 aromatic heterocycles. The normalized spacial score (nSPS) is 14.6. The first kappa shape index (κ1) is 13.6. The number of hydrogen-bond donors (Lipinski definition) is 1. The molecule has 2 heterocycles. The van der Waals surface area contributed by atoms with E-state index in [-0.39, 0.29) is 6.09 Å². The van der Waals surface area contributed by atoms with Crippen LogP contribution in [0.2, 0.25) is 0 Å². The first-order valence-corrected chi connectivity index (χ1v) is 6.23. The highest BCUT2D eigenvalue weighted by Crippen LogP contribution is 2.32. The van der Waals surface area contributed by atoms with Gasteiger partial charge in [-0.25, -0.2) is 4.79 Å². The molecule has 0 saturated heterocycles. The fourth-order valence-electron chi connectivity index (χ4n) is 1.77. The molecule has 6 heteroatoms.